The summed E-state index contributed by atoms with van der Waals surface area (Å²) < 4.78 is 7.79. The fourth-order valence-electron chi connectivity index (χ4n) is 4.16. The van der Waals surface area contributed by atoms with Crippen LogP contribution in [0.25, 0.3) is 17.0 Å². The van der Waals surface area contributed by atoms with Gasteiger partial charge in [-0.25, -0.2) is 0 Å². The van der Waals surface area contributed by atoms with Gasteiger partial charge in [0.1, 0.15) is 13.1 Å². The van der Waals surface area contributed by atoms with E-state index in [-0.39, 0.29) is 5.91 Å². The summed E-state index contributed by atoms with van der Waals surface area (Å²) in [4.78, 5) is 14.6. The van der Waals surface area contributed by atoms with Crippen LogP contribution in [-0.2, 0) is 16.2 Å². The van der Waals surface area contributed by atoms with Crippen molar-refractivity contribution < 1.29 is 14.4 Å². The van der Waals surface area contributed by atoms with Crippen LogP contribution in [-0.4, -0.2) is 42.5 Å². The fraction of sp³-hybridized carbons (Fsp3) is 0.250. The Hall–Kier alpha value is -3.22. The van der Waals surface area contributed by atoms with Crippen molar-refractivity contribution >= 4 is 34.3 Å². The first kappa shape index (κ1) is 18.8. The molecule has 0 saturated carbocycles. The second kappa shape index (κ2) is 7.89. The molecule has 1 saturated heterocycles. The third-order valence-corrected chi connectivity index (χ3v) is 5.78. The first-order valence-electron chi connectivity index (χ1n) is 10.4. The highest BCUT2D eigenvalue weighted by molar-refractivity contribution is 6.32. The van der Waals surface area contributed by atoms with Crippen LogP contribution in [0, 0.1) is 0 Å². The quantitative estimate of drug-likeness (QED) is 0.682. The molecule has 30 heavy (non-hydrogen) atoms. The summed E-state index contributed by atoms with van der Waals surface area (Å²) in [6.45, 7) is 6.43. The maximum Gasteiger partial charge on any atom is 0.280 e. The Labute approximate surface area is 175 Å². The Bertz CT molecular complexity index is 1140. The second-order valence-electron chi connectivity index (χ2n) is 7.79. The highest BCUT2D eigenvalue weighted by atomic mass is 16.5. The lowest BCUT2D eigenvalue weighted by molar-refractivity contribution is -0.929. The highest BCUT2D eigenvalue weighted by Gasteiger charge is 2.29. The average molecular weight is 401 g/mol. The Morgan fingerprint density at radius 1 is 1.07 bits per heavy atom. The predicted molar refractivity (Wildman–Crippen MR) is 118 cm³/mol. The van der Waals surface area contributed by atoms with Crippen LogP contribution < -0.4 is 9.91 Å². The van der Waals surface area contributed by atoms with Crippen molar-refractivity contribution in [1.29, 1.82) is 0 Å². The van der Waals surface area contributed by atoms with Gasteiger partial charge >= 0.3 is 0 Å². The van der Waals surface area contributed by atoms with Crippen molar-refractivity contribution in [3.05, 3.63) is 71.9 Å². The zero-order valence-corrected chi connectivity index (χ0v) is 17.0. The lowest BCUT2D eigenvalue weighted by atomic mass is 10.1. The minimum Gasteiger partial charge on any atom is -0.370 e. The fourth-order valence-corrected chi connectivity index (χ4v) is 4.16. The molecule has 3 aromatic rings. The molecule has 1 fully saturated rings. The normalized spacial score (nSPS) is 19.1. The lowest BCUT2D eigenvalue weighted by Crippen LogP contribution is -3.13. The molecular weight excluding hydrogens is 376 g/mol. The number of morpholine rings is 1. The van der Waals surface area contributed by atoms with Crippen LogP contribution in [0.1, 0.15) is 12.5 Å². The second-order valence-corrected chi connectivity index (χ2v) is 7.79. The van der Waals surface area contributed by atoms with E-state index >= 15 is 0 Å². The first-order valence-corrected chi connectivity index (χ1v) is 10.4. The standard InChI is InChI=1S/C24H24N4O2/c1-18-22(24(29)28(25-18)20-7-3-2-4-8-20)15-19-16-27(17-26-11-13-30-14-12-26)23-10-6-5-9-21(19)23/h2-10,15-16H,11-14,17H2,1H3/p+1/b22-15+. The average Bonchev–Trinajstić information content (AvgIpc) is 3.27. The summed E-state index contributed by atoms with van der Waals surface area (Å²) in [5.74, 6) is -0.0886. The Morgan fingerprint density at radius 2 is 1.80 bits per heavy atom. The predicted octanol–water partition coefficient (Wildman–Crippen LogP) is 2.32. The Morgan fingerprint density at radius 3 is 2.60 bits per heavy atom. The summed E-state index contributed by atoms with van der Waals surface area (Å²) in [5.41, 5.74) is 4.39. The number of ether oxygens (including phenoxy) is 1. The Balaban J connectivity index is 1.50. The van der Waals surface area contributed by atoms with E-state index in [1.54, 1.807) is 0 Å². The monoisotopic (exact) mass is 401 g/mol. The van der Waals surface area contributed by atoms with Gasteiger partial charge in [0.25, 0.3) is 5.91 Å². The highest BCUT2D eigenvalue weighted by Crippen LogP contribution is 2.28. The summed E-state index contributed by atoms with van der Waals surface area (Å²) in [5, 5.41) is 7.14. The SMILES string of the molecule is CC1=NN(c2ccccc2)C(=O)/C1=C/c1cn(C[NH+]2CCOCC2)c2ccccc12. The van der Waals surface area contributed by atoms with E-state index in [4.69, 9.17) is 4.74 Å². The Kier molecular flexibility index (Phi) is 4.94. The van der Waals surface area contributed by atoms with Gasteiger partial charge in [0, 0.05) is 17.1 Å². The van der Waals surface area contributed by atoms with Gasteiger partial charge in [-0.1, -0.05) is 36.4 Å². The maximum atomic E-state index is 13.1. The minimum atomic E-state index is -0.0886. The van der Waals surface area contributed by atoms with E-state index < -0.39 is 0 Å². The van der Waals surface area contributed by atoms with E-state index in [1.165, 1.54) is 15.4 Å². The number of rotatable bonds is 4. The molecule has 6 nitrogen and oxygen atoms in total. The van der Waals surface area contributed by atoms with Crippen molar-refractivity contribution in [3.8, 4) is 0 Å². The minimum absolute atomic E-state index is 0.0886. The molecule has 2 aromatic carbocycles. The number of benzene rings is 2. The molecule has 0 unspecified atom stereocenters. The molecule has 152 valence electrons. The molecule has 5 rings (SSSR count). The summed E-state index contributed by atoms with van der Waals surface area (Å²) in [7, 11) is 0. The molecule has 1 aromatic heterocycles. The zero-order chi connectivity index (χ0) is 20.5. The first-order chi connectivity index (χ1) is 14.7. The maximum absolute atomic E-state index is 13.1. The molecule has 3 heterocycles. The third kappa shape index (κ3) is 3.44. The third-order valence-electron chi connectivity index (χ3n) is 5.78. The van der Waals surface area contributed by atoms with Crippen LogP contribution in [0.4, 0.5) is 5.69 Å². The summed E-state index contributed by atoms with van der Waals surface area (Å²) in [6, 6.07) is 17.9. The largest absolute Gasteiger partial charge is 0.370 e. The molecule has 0 aliphatic carbocycles. The van der Waals surface area contributed by atoms with Crippen molar-refractivity contribution in [1.82, 2.24) is 4.57 Å². The number of anilines is 1. The molecule has 0 bridgehead atoms. The molecule has 0 atom stereocenters. The lowest BCUT2D eigenvalue weighted by Gasteiger charge is -2.24. The van der Waals surface area contributed by atoms with Crippen molar-refractivity contribution in [2.24, 2.45) is 5.10 Å². The molecule has 2 aliphatic heterocycles. The number of carbonyl (C=O) groups is 1. The van der Waals surface area contributed by atoms with Gasteiger partial charge in [0.15, 0.2) is 6.67 Å². The van der Waals surface area contributed by atoms with Gasteiger partial charge in [0.2, 0.25) is 0 Å². The van der Waals surface area contributed by atoms with E-state index in [1.807, 2.05) is 49.4 Å². The van der Waals surface area contributed by atoms with Gasteiger partial charge in [-0.2, -0.15) is 10.1 Å². The molecule has 1 amide bonds. The number of fused-ring (bicyclic) bond motifs is 1. The molecule has 6 heteroatoms. The van der Waals surface area contributed by atoms with Crippen LogP contribution in [0.15, 0.2) is 71.5 Å². The number of para-hydroxylation sites is 2. The van der Waals surface area contributed by atoms with Crippen LogP contribution >= 0.6 is 0 Å². The number of hydrogen-bond acceptors (Lipinski definition) is 3. The van der Waals surface area contributed by atoms with Crippen LogP contribution in [0.5, 0.6) is 0 Å². The van der Waals surface area contributed by atoms with E-state index in [9.17, 15) is 4.79 Å². The molecule has 0 radical (unpaired) electrons. The van der Waals surface area contributed by atoms with E-state index in [2.05, 4.69) is 34.1 Å². The molecule has 0 spiro atoms. The van der Waals surface area contributed by atoms with Gasteiger partial charge in [-0.05, 0) is 31.2 Å². The van der Waals surface area contributed by atoms with Crippen LogP contribution in [0.2, 0.25) is 0 Å². The number of nitrogens with one attached hydrogen (secondary N) is 1. The zero-order valence-electron chi connectivity index (χ0n) is 17.0. The van der Waals surface area contributed by atoms with Crippen molar-refractivity contribution in [2.75, 3.05) is 31.3 Å². The van der Waals surface area contributed by atoms with Gasteiger partial charge < -0.3 is 9.64 Å². The molecule has 1 N–H and O–H groups in total. The number of hydrazone groups is 1. The van der Waals surface area contributed by atoms with Crippen LogP contribution in [0.3, 0.4) is 0 Å². The van der Waals surface area contributed by atoms with Gasteiger partial charge in [-0.3, -0.25) is 9.36 Å². The number of carbonyl (C=O) groups excluding carboxylic acids is 1. The van der Waals surface area contributed by atoms with Gasteiger partial charge in [0.05, 0.1) is 35.7 Å². The number of nitrogens with zero attached hydrogens (tertiary/aromatic N) is 3. The summed E-state index contributed by atoms with van der Waals surface area (Å²) in [6.07, 6.45) is 4.14. The number of aromatic nitrogens is 1. The van der Waals surface area contributed by atoms with Crippen molar-refractivity contribution in [3.63, 3.8) is 0 Å². The smallest absolute Gasteiger partial charge is 0.280 e. The molecule has 2 aliphatic rings. The summed E-state index contributed by atoms with van der Waals surface area (Å²) >= 11 is 0. The number of hydrogen-bond donors (Lipinski definition) is 1. The molecular formula is C24H25N4O2+. The number of amides is 1. The van der Waals surface area contributed by atoms with E-state index in [0.29, 0.717) is 5.57 Å². The van der Waals surface area contributed by atoms with E-state index in [0.717, 1.165) is 55.3 Å². The van der Waals surface area contributed by atoms with Gasteiger partial charge in [-0.15, -0.1) is 0 Å². The van der Waals surface area contributed by atoms with Crippen molar-refractivity contribution in [2.45, 2.75) is 13.6 Å². The topological polar surface area (TPSA) is 51.3 Å². The number of quaternary nitrogens is 1.